The number of aliphatic hydroxyl groups excluding tert-OH is 1. The summed E-state index contributed by atoms with van der Waals surface area (Å²) in [6, 6.07) is 4.89. The van der Waals surface area contributed by atoms with Gasteiger partial charge < -0.3 is 19.8 Å². The fourth-order valence-corrected chi connectivity index (χ4v) is 7.46. The number of alkyl halides is 2. The Bertz CT molecular complexity index is 1760. The topological polar surface area (TPSA) is 94.8 Å². The molecule has 2 N–H and O–H groups in total. The molecule has 12 heteroatoms. The molecule has 3 fully saturated rings. The molecule has 0 amide bonds. The van der Waals surface area contributed by atoms with Crippen LogP contribution in [0.3, 0.4) is 0 Å². The van der Waals surface area contributed by atoms with Crippen LogP contribution >= 0.6 is 0 Å². The summed E-state index contributed by atoms with van der Waals surface area (Å²) in [4.78, 5) is 17.1. The zero-order valence-corrected chi connectivity index (χ0v) is 24.2. The number of pyridine rings is 1. The number of anilines is 1. The van der Waals surface area contributed by atoms with E-state index < -0.39 is 35.6 Å². The first-order valence-electron chi connectivity index (χ1n) is 15.1. The van der Waals surface area contributed by atoms with E-state index in [4.69, 9.17) is 4.74 Å². The maximum absolute atomic E-state index is 16.7. The molecule has 0 unspecified atom stereocenters. The Labute approximate surface area is 251 Å². The number of rotatable bonds is 7. The second-order valence-electron chi connectivity index (χ2n) is 12.2. The zero-order chi connectivity index (χ0) is 30.7. The van der Waals surface area contributed by atoms with Crippen molar-refractivity contribution in [3.8, 4) is 23.0 Å². The average molecular weight is 612 g/mol. The molecule has 44 heavy (non-hydrogen) atoms. The number of phenols is 1. The van der Waals surface area contributed by atoms with Crippen LogP contribution in [-0.2, 0) is 6.42 Å². The molecule has 3 aliphatic rings. The van der Waals surface area contributed by atoms with E-state index in [0.29, 0.717) is 35.7 Å². The number of halogens is 4. The van der Waals surface area contributed by atoms with Crippen molar-refractivity contribution in [1.29, 1.82) is 0 Å². The number of fused-ring (bicyclic) bond motifs is 3. The second-order valence-corrected chi connectivity index (χ2v) is 12.2. The summed E-state index contributed by atoms with van der Waals surface area (Å²) in [7, 11) is 0. The Morgan fingerprint density at radius 1 is 1.11 bits per heavy atom. The number of ether oxygens (including phenoxy) is 1. The fourth-order valence-electron chi connectivity index (χ4n) is 7.46. The molecular weight excluding hydrogens is 578 g/mol. The largest absolute Gasteiger partial charge is 0.508 e. The zero-order valence-electron chi connectivity index (χ0n) is 24.2. The summed E-state index contributed by atoms with van der Waals surface area (Å²) in [5, 5.41) is 21.6. The van der Waals surface area contributed by atoms with Crippen molar-refractivity contribution in [3.05, 3.63) is 47.7 Å². The first kappa shape index (κ1) is 29.0. The number of phenolic OH excluding ortho intramolecular Hbond substituents is 1. The van der Waals surface area contributed by atoms with Crippen LogP contribution in [0.5, 0.6) is 11.8 Å². The van der Waals surface area contributed by atoms with Gasteiger partial charge in [0.05, 0.1) is 30.1 Å². The van der Waals surface area contributed by atoms with Crippen molar-refractivity contribution in [2.24, 2.45) is 0 Å². The highest BCUT2D eigenvalue weighted by Gasteiger charge is 2.49. The molecule has 0 aliphatic carbocycles. The molecule has 4 atom stereocenters. The maximum Gasteiger partial charge on any atom is 0.319 e. The van der Waals surface area contributed by atoms with Gasteiger partial charge in [0.25, 0.3) is 0 Å². The molecule has 2 aromatic carbocycles. The number of nitrogens with zero attached hydrogens (tertiary/aromatic N) is 5. The molecule has 0 radical (unpaired) electrons. The normalized spacial score (nSPS) is 25.4. The van der Waals surface area contributed by atoms with Crippen molar-refractivity contribution >= 4 is 27.5 Å². The van der Waals surface area contributed by atoms with Gasteiger partial charge in [0.1, 0.15) is 47.5 Å². The molecule has 3 aliphatic heterocycles. The Hall–Kier alpha value is -3.77. The minimum atomic E-state index is -1.23. The lowest BCUT2D eigenvalue weighted by Crippen LogP contribution is -2.43. The first-order chi connectivity index (χ1) is 21.2. The third-order valence-electron chi connectivity index (χ3n) is 9.48. The van der Waals surface area contributed by atoms with E-state index in [-0.39, 0.29) is 65.9 Å². The van der Waals surface area contributed by atoms with Crippen molar-refractivity contribution in [3.63, 3.8) is 0 Å². The van der Waals surface area contributed by atoms with Gasteiger partial charge in [-0.1, -0.05) is 13.0 Å². The van der Waals surface area contributed by atoms with E-state index in [0.717, 1.165) is 19.4 Å². The van der Waals surface area contributed by atoms with Gasteiger partial charge in [-0.05, 0) is 60.3 Å². The molecule has 0 saturated carbocycles. The second kappa shape index (κ2) is 11.0. The SMILES string of the molecule is CCc1c(F)ccc2cc(O)cc(-c3ncc4c(N5C[C@@H](F)C[C@H]5CO)nc(OC[C@@]56CCCN5C[C@H](F)C6)nc4c3F)c12. The molecule has 2 aromatic heterocycles. The molecule has 232 valence electrons. The predicted molar refractivity (Wildman–Crippen MR) is 158 cm³/mol. The fraction of sp³-hybridized carbons (Fsp3) is 0.469. The number of hydrogen-bond donors (Lipinski definition) is 2. The lowest BCUT2D eigenvalue weighted by Gasteiger charge is -2.31. The smallest absolute Gasteiger partial charge is 0.319 e. The van der Waals surface area contributed by atoms with Crippen LogP contribution in [0.15, 0.2) is 30.5 Å². The summed E-state index contributed by atoms with van der Waals surface area (Å²) in [5.74, 6) is -1.29. The monoisotopic (exact) mass is 611 g/mol. The van der Waals surface area contributed by atoms with E-state index in [1.165, 1.54) is 30.5 Å². The lowest BCUT2D eigenvalue weighted by molar-refractivity contribution is 0.107. The van der Waals surface area contributed by atoms with E-state index in [9.17, 15) is 23.4 Å². The molecule has 7 rings (SSSR count). The number of aryl methyl sites for hydroxylation is 1. The van der Waals surface area contributed by atoms with Crippen LogP contribution in [0.4, 0.5) is 23.4 Å². The molecule has 0 spiro atoms. The highest BCUT2D eigenvalue weighted by Crippen LogP contribution is 2.42. The third kappa shape index (κ3) is 4.70. The number of aromatic nitrogens is 3. The van der Waals surface area contributed by atoms with Crippen LogP contribution in [0.25, 0.3) is 32.9 Å². The highest BCUT2D eigenvalue weighted by atomic mass is 19.1. The molecule has 4 aromatic rings. The maximum atomic E-state index is 16.7. The molecular formula is C32H33F4N5O3. The Morgan fingerprint density at radius 3 is 2.75 bits per heavy atom. The van der Waals surface area contributed by atoms with Crippen molar-refractivity contribution in [2.75, 3.05) is 37.7 Å². The first-order valence-corrected chi connectivity index (χ1v) is 15.1. The van der Waals surface area contributed by atoms with E-state index in [1.54, 1.807) is 11.8 Å². The van der Waals surface area contributed by atoms with Crippen LogP contribution in [0.2, 0.25) is 0 Å². The van der Waals surface area contributed by atoms with Crippen LogP contribution in [-0.4, -0.2) is 86.8 Å². The lowest BCUT2D eigenvalue weighted by atomic mass is 9.94. The van der Waals surface area contributed by atoms with Gasteiger partial charge in [-0.15, -0.1) is 0 Å². The van der Waals surface area contributed by atoms with Gasteiger partial charge in [0.15, 0.2) is 5.82 Å². The van der Waals surface area contributed by atoms with E-state index in [2.05, 4.69) is 19.9 Å². The van der Waals surface area contributed by atoms with Crippen molar-refractivity contribution in [1.82, 2.24) is 19.9 Å². The minimum Gasteiger partial charge on any atom is -0.508 e. The van der Waals surface area contributed by atoms with Crippen LogP contribution in [0.1, 0.15) is 38.2 Å². The standard InChI is InChI=1S/C32H33F4N5O3/c1-2-22-25(35)5-4-17-8-21(43)10-23(26(17)22)28-27(36)29-24(12-37-28)30(41-14-18(33)9-20(41)15-42)39-31(38-29)44-16-32-6-3-7-40(32)13-19(34)11-32/h4-5,8,10,12,18-20,42-43H,2-3,6-7,9,11,13-16H2,1H3/t18-,19+,20-,32-/m0/s1. The van der Waals surface area contributed by atoms with Gasteiger partial charge >= 0.3 is 6.01 Å². The van der Waals surface area contributed by atoms with E-state index >= 15 is 4.39 Å². The summed E-state index contributed by atoms with van der Waals surface area (Å²) in [6.45, 7) is 2.57. The minimum absolute atomic E-state index is 0.0717. The van der Waals surface area contributed by atoms with Crippen molar-refractivity contribution < 1.29 is 32.5 Å². The number of aromatic hydroxyl groups is 1. The number of hydrogen-bond acceptors (Lipinski definition) is 8. The quantitative estimate of drug-likeness (QED) is 0.274. The van der Waals surface area contributed by atoms with Crippen molar-refractivity contribution in [2.45, 2.75) is 63.0 Å². The predicted octanol–water partition coefficient (Wildman–Crippen LogP) is 5.26. The molecule has 8 nitrogen and oxygen atoms in total. The number of benzene rings is 2. The average Bonchev–Trinajstić information content (AvgIpc) is 3.67. The third-order valence-corrected chi connectivity index (χ3v) is 9.48. The summed E-state index contributed by atoms with van der Waals surface area (Å²) in [5.41, 5.74) is -0.278. The molecule has 5 heterocycles. The highest BCUT2D eigenvalue weighted by molar-refractivity contribution is 6.01. The summed E-state index contributed by atoms with van der Waals surface area (Å²) >= 11 is 0. The molecule has 3 saturated heterocycles. The van der Waals surface area contributed by atoms with Gasteiger partial charge in [-0.2, -0.15) is 9.97 Å². The van der Waals surface area contributed by atoms with Crippen LogP contribution < -0.4 is 9.64 Å². The van der Waals surface area contributed by atoms with Crippen LogP contribution in [0, 0.1) is 11.6 Å². The Kier molecular flexibility index (Phi) is 7.24. The summed E-state index contributed by atoms with van der Waals surface area (Å²) in [6.07, 6.45) is 1.54. The molecule has 0 bridgehead atoms. The van der Waals surface area contributed by atoms with Gasteiger partial charge in [-0.25, -0.2) is 17.6 Å². The van der Waals surface area contributed by atoms with Gasteiger partial charge in [0, 0.05) is 31.1 Å². The summed E-state index contributed by atoms with van der Waals surface area (Å²) < 4.78 is 66.6. The van der Waals surface area contributed by atoms with Gasteiger partial charge in [0.2, 0.25) is 0 Å². The Morgan fingerprint density at radius 2 is 1.95 bits per heavy atom. The van der Waals surface area contributed by atoms with Gasteiger partial charge in [-0.3, -0.25) is 9.88 Å². The van der Waals surface area contributed by atoms with E-state index in [1.807, 2.05) is 0 Å². The Balaban J connectivity index is 1.39. The number of aliphatic hydroxyl groups is 1.